The molecule has 3 heterocycles. The van der Waals surface area contributed by atoms with E-state index in [1.807, 2.05) is 0 Å². The maximum Gasteiger partial charge on any atom is 0.270 e. The SMILES string of the molecule is O=C1c2ccccc2-n2c(nc3ccc([N+](=O)[O-])cc3c2=O)[C@@H]2CCCN12. The van der Waals surface area contributed by atoms with E-state index in [2.05, 4.69) is 4.98 Å². The van der Waals surface area contributed by atoms with Gasteiger partial charge < -0.3 is 4.90 Å². The van der Waals surface area contributed by atoms with Crippen LogP contribution >= 0.6 is 0 Å². The van der Waals surface area contributed by atoms with Gasteiger partial charge in [-0.1, -0.05) is 12.1 Å². The number of carbonyl (C=O) groups excluding carboxylic acids is 1. The average Bonchev–Trinajstić information content (AvgIpc) is 3.13. The molecule has 0 bridgehead atoms. The Morgan fingerprint density at radius 3 is 2.78 bits per heavy atom. The Balaban J connectivity index is 1.92. The van der Waals surface area contributed by atoms with Crippen LogP contribution in [0.3, 0.4) is 0 Å². The zero-order chi connectivity index (χ0) is 18.7. The number of fused-ring (bicyclic) bond motifs is 6. The summed E-state index contributed by atoms with van der Waals surface area (Å²) in [7, 11) is 0. The number of carbonyl (C=O) groups is 1. The van der Waals surface area contributed by atoms with E-state index in [-0.39, 0.29) is 23.0 Å². The number of nitrogens with zero attached hydrogens (tertiary/aromatic N) is 4. The minimum atomic E-state index is -0.536. The molecule has 1 atom stereocenters. The predicted molar refractivity (Wildman–Crippen MR) is 97.0 cm³/mol. The lowest BCUT2D eigenvalue weighted by molar-refractivity contribution is -0.384. The fourth-order valence-corrected chi connectivity index (χ4v) is 4.04. The first-order valence-corrected chi connectivity index (χ1v) is 8.68. The number of hydrogen-bond donors (Lipinski definition) is 0. The van der Waals surface area contributed by atoms with Crippen LogP contribution < -0.4 is 5.56 Å². The van der Waals surface area contributed by atoms with E-state index in [1.54, 1.807) is 29.2 Å². The van der Waals surface area contributed by atoms with Crippen LogP contribution in [-0.2, 0) is 0 Å². The van der Waals surface area contributed by atoms with Gasteiger partial charge in [0.05, 0.1) is 33.1 Å². The quantitative estimate of drug-likeness (QED) is 0.489. The van der Waals surface area contributed by atoms with Gasteiger partial charge in [0.15, 0.2) is 0 Å². The van der Waals surface area contributed by atoms with E-state index in [9.17, 15) is 19.7 Å². The normalized spacial score (nSPS) is 18.0. The smallest absolute Gasteiger partial charge is 0.270 e. The Kier molecular flexibility index (Phi) is 3.18. The van der Waals surface area contributed by atoms with Gasteiger partial charge in [-0.05, 0) is 31.0 Å². The van der Waals surface area contributed by atoms with Gasteiger partial charge in [0.1, 0.15) is 5.82 Å². The Labute approximate surface area is 152 Å². The summed E-state index contributed by atoms with van der Waals surface area (Å²) in [6.07, 6.45) is 1.57. The highest BCUT2D eigenvalue weighted by atomic mass is 16.6. The number of amides is 1. The summed E-state index contributed by atoms with van der Waals surface area (Å²) in [5.41, 5.74) is 0.750. The van der Waals surface area contributed by atoms with Crippen LogP contribution in [0.2, 0.25) is 0 Å². The highest BCUT2D eigenvalue weighted by Crippen LogP contribution is 2.37. The third-order valence-corrected chi connectivity index (χ3v) is 5.28. The molecule has 0 N–H and O–H groups in total. The molecule has 134 valence electrons. The van der Waals surface area contributed by atoms with Gasteiger partial charge >= 0.3 is 0 Å². The molecule has 1 fully saturated rings. The fraction of sp³-hybridized carbons (Fsp3) is 0.211. The maximum absolute atomic E-state index is 13.3. The van der Waals surface area contributed by atoms with E-state index < -0.39 is 10.5 Å². The van der Waals surface area contributed by atoms with Gasteiger partial charge in [-0.25, -0.2) is 4.98 Å². The molecule has 0 aliphatic carbocycles. The third-order valence-electron chi connectivity index (χ3n) is 5.28. The summed E-state index contributed by atoms with van der Waals surface area (Å²) in [6.45, 7) is 0.617. The number of benzene rings is 2. The number of nitro benzene ring substituents is 1. The lowest BCUT2D eigenvalue weighted by Gasteiger charge is -2.22. The number of para-hydroxylation sites is 1. The summed E-state index contributed by atoms with van der Waals surface area (Å²) in [4.78, 5) is 43.4. The summed E-state index contributed by atoms with van der Waals surface area (Å²) < 4.78 is 1.45. The maximum atomic E-state index is 13.3. The molecule has 3 aromatic rings. The zero-order valence-corrected chi connectivity index (χ0v) is 14.2. The van der Waals surface area contributed by atoms with E-state index in [4.69, 9.17) is 0 Å². The van der Waals surface area contributed by atoms with Crippen LogP contribution in [-0.4, -0.2) is 31.8 Å². The zero-order valence-electron chi connectivity index (χ0n) is 14.2. The van der Waals surface area contributed by atoms with Crippen LogP contribution in [0.4, 0.5) is 5.69 Å². The Bertz CT molecular complexity index is 1200. The minimum Gasteiger partial charge on any atom is -0.328 e. The Hall–Kier alpha value is -3.55. The molecular weight excluding hydrogens is 348 g/mol. The first kappa shape index (κ1) is 15.7. The van der Waals surface area contributed by atoms with Crippen LogP contribution in [0.1, 0.15) is 35.1 Å². The second-order valence-corrected chi connectivity index (χ2v) is 6.74. The summed E-state index contributed by atoms with van der Waals surface area (Å²) in [5.74, 6) is 0.394. The van der Waals surface area contributed by atoms with Crippen molar-refractivity contribution in [2.45, 2.75) is 18.9 Å². The van der Waals surface area contributed by atoms with Gasteiger partial charge in [-0.2, -0.15) is 0 Å². The molecule has 27 heavy (non-hydrogen) atoms. The van der Waals surface area contributed by atoms with Crippen molar-refractivity contribution in [3.05, 3.63) is 74.3 Å². The van der Waals surface area contributed by atoms with E-state index in [1.165, 1.54) is 22.8 Å². The lowest BCUT2D eigenvalue weighted by Crippen LogP contribution is -2.31. The summed E-state index contributed by atoms with van der Waals surface area (Å²) in [5, 5.41) is 11.3. The van der Waals surface area contributed by atoms with Gasteiger partial charge in [0.2, 0.25) is 0 Å². The number of nitro groups is 1. The van der Waals surface area contributed by atoms with E-state index in [0.717, 1.165) is 12.8 Å². The number of rotatable bonds is 1. The topological polar surface area (TPSA) is 98.3 Å². The first-order valence-electron chi connectivity index (χ1n) is 8.68. The second kappa shape index (κ2) is 5.47. The van der Waals surface area contributed by atoms with Gasteiger partial charge in [0.25, 0.3) is 17.2 Å². The van der Waals surface area contributed by atoms with Crippen molar-refractivity contribution in [2.24, 2.45) is 0 Å². The largest absolute Gasteiger partial charge is 0.328 e. The van der Waals surface area contributed by atoms with Gasteiger partial charge in [0, 0.05) is 18.7 Å². The van der Waals surface area contributed by atoms with Crippen molar-refractivity contribution in [1.29, 1.82) is 0 Å². The van der Waals surface area contributed by atoms with Crippen LogP contribution in [0, 0.1) is 10.1 Å². The summed E-state index contributed by atoms with van der Waals surface area (Å²) in [6, 6.07) is 10.7. The minimum absolute atomic E-state index is 0.118. The molecule has 1 amide bonds. The Morgan fingerprint density at radius 1 is 1.15 bits per heavy atom. The molecule has 5 rings (SSSR count). The molecule has 0 saturated carbocycles. The van der Waals surface area contributed by atoms with Crippen molar-refractivity contribution < 1.29 is 9.72 Å². The molecule has 2 aromatic carbocycles. The van der Waals surface area contributed by atoms with Crippen molar-refractivity contribution in [3.63, 3.8) is 0 Å². The molecular formula is C19H14N4O4. The molecule has 8 nitrogen and oxygen atoms in total. The molecule has 0 radical (unpaired) electrons. The first-order chi connectivity index (χ1) is 13.1. The van der Waals surface area contributed by atoms with Crippen molar-refractivity contribution in [1.82, 2.24) is 14.5 Å². The molecule has 0 unspecified atom stereocenters. The van der Waals surface area contributed by atoms with Gasteiger partial charge in [-0.15, -0.1) is 0 Å². The lowest BCUT2D eigenvalue weighted by atomic mass is 10.1. The second-order valence-electron chi connectivity index (χ2n) is 6.74. The molecule has 2 aliphatic rings. The third kappa shape index (κ3) is 2.13. The molecule has 2 aliphatic heterocycles. The molecule has 0 spiro atoms. The highest BCUT2D eigenvalue weighted by Gasteiger charge is 2.38. The standard InChI is InChI=1S/C19H14N4O4/c24-18-12-4-1-2-5-15(12)22-17(16-6-3-9-21(16)18)20-14-8-7-11(23(26)27)10-13(14)19(22)25/h1-2,4-5,7-8,10,16H,3,6,9H2/t16-/m0/s1. The van der Waals surface area contributed by atoms with Crippen molar-refractivity contribution in [2.75, 3.05) is 6.54 Å². The average molecular weight is 362 g/mol. The molecule has 8 heteroatoms. The number of hydrogen-bond acceptors (Lipinski definition) is 5. The van der Waals surface area contributed by atoms with Crippen molar-refractivity contribution >= 4 is 22.5 Å². The molecule has 1 aromatic heterocycles. The monoisotopic (exact) mass is 362 g/mol. The van der Waals surface area contributed by atoms with Crippen LogP contribution in [0.25, 0.3) is 16.6 Å². The summed E-state index contributed by atoms with van der Waals surface area (Å²) >= 11 is 0. The van der Waals surface area contributed by atoms with Crippen molar-refractivity contribution in [3.8, 4) is 5.69 Å². The van der Waals surface area contributed by atoms with Gasteiger partial charge in [-0.3, -0.25) is 24.3 Å². The fourth-order valence-electron chi connectivity index (χ4n) is 4.04. The van der Waals surface area contributed by atoms with Crippen LogP contribution in [0.15, 0.2) is 47.3 Å². The van der Waals surface area contributed by atoms with E-state index >= 15 is 0 Å². The predicted octanol–water partition coefficient (Wildman–Crippen LogP) is 2.58. The number of non-ortho nitro benzene ring substituents is 1. The molecule has 1 saturated heterocycles. The highest BCUT2D eigenvalue weighted by molar-refractivity contribution is 5.99. The van der Waals surface area contributed by atoms with E-state index in [0.29, 0.717) is 29.1 Å². The number of aromatic nitrogens is 2. The van der Waals surface area contributed by atoms with Crippen LogP contribution in [0.5, 0.6) is 0 Å². The Morgan fingerprint density at radius 2 is 1.96 bits per heavy atom.